The molecular formula is C20H19FN6O2. The van der Waals surface area contributed by atoms with E-state index in [1.807, 2.05) is 6.07 Å². The maximum atomic E-state index is 14.6. The van der Waals surface area contributed by atoms with Crippen molar-refractivity contribution in [1.29, 1.82) is 5.41 Å². The molecule has 8 nitrogen and oxygen atoms in total. The molecule has 0 amide bonds. The van der Waals surface area contributed by atoms with Crippen molar-refractivity contribution >= 4 is 23.4 Å². The lowest BCUT2D eigenvalue weighted by atomic mass is 9.96. The molecule has 1 atom stereocenters. The summed E-state index contributed by atoms with van der Waals surface area (Å²) >= 11 is 0. The largest absolute Gasteiger partial charge is 0.493 e. The van der Waals surface area contributed by atoms with Crippen molar-refractivity contribution in [2.45, 2.75) is 12.5 Å². The first-order valence-electron chi connectivity index (χ1n) is 9.27. The summed E-state index contributed by atoms with van der Waals surface area (Å²) in [7, 11) is 1.78. The first kappa shape index (κ1) is 17.5. The molecule has 2 aromatic heterocycles. The van der Waals surface area contributed by atoms with Gasteiger partial charge in [0.15, 0.2) is 17.2 Å². The molecule has 4 heterocycles. The lowest BCUT2D eigenvalue weighted by Crippen LogP contribution is -2.13. The first-order chi connectivity index (χ1) is 14.2. The molecule has 0 bridgehead atoms. The summed E-state index contributed by atoms with van der Waals surface area (Å²) in [6.07, 6.45) is 4.43. The third-order valence-corrected chi connectivity index (χ3v) is 5.33. The Morgan fingerprint density at radius 1 is 1.34 bits per heavy atom. The Morgan fingerprint density at radius 2 is 2.17 bits per heavy atom. The smallest absolute Gasteiger partial charge is 0.171 e. The summed E-state index contributed by atoms with van der Waals surface area (Å²) in [5.74, 6) is 1.64. The first-order valence-corrected chi connectivity index (χ1v) is 9.27. The topological polar surface area (TPSA) is 96.6 Å². The molecule has 3 N–H and O–H groups in total. The van der Waals surface area contributed by atoms with E-state index in [0.717, 1.165) is 11.1 Å². The second kappa shape index (κ2) is 6.77. The maximum Gasteiger partial charge on any atom is 0.171 e. The van der Waals surface area contributed by atoms with E-state index in [-0.39, 0.29) is 18.3 Å². The molecule has 0 saturated carbocycles. The third-order valence-electron chi connectivity index (χ3n) is 5.33. The molecular weight excluding hydrogens is 375 g/mol. The minimum absolute atomic E-state index is 0.0515. The van der Waals surface area contributed by atoms with Gasteiger partial charge in [0.2, 0.25) is 0 Å². The fraction of sp³-hybridized carbons (Fsp3) is 0.250. The Bertz CT molecular complexity index is 1160. The van der Waals surface area contributed by atoms with Gasteiger partial charge in [-0.05, 0) is 24.3 Å². The van der Waals surface area contributed by atoms with Crippen LogP contribution in [0.5, 0.6) is 11.5 Å². The predicted molar refractivity (Wildman–Crippen MR) is 106 cm³/mol. The summed E-state index contributed by atoms with van der Waals surface area (Å²) in [4.78, 5) is 0. The van der Waals surface area contributed by atoms with E-state index in [0.29, 0.717) is 47.4 Å². The number of halogens is 1. The van der Waals surface area contributed by atoms with E-state index in [2.05, 4.69) is 20.8 Å². The lowest BCUT2D eigenvalue weighted by Gasteiger charge is -2.17. The van der Waals surface area contributed by atoms with Crippen LogP contribution in [0.4, 0.5) is 10.2 Å². The van der Waals surface area contributed by atoms with Gasteiger partial charge < -0.3 is 25.5 Å². The van der Waals surface area contributed by atoms with Crippen LogP contribution in [-0.2, 0) is 6.54 Å². The van der Waals surface area contributed by atoms with Crippen LogP contribution in [0.15, 0.2) is 30.6 Å². The van der Waals surface area contributed by atoms with E-state index in [9.17, 15) is 4.39 Å². The molecule has 2 aliphatic heterocycles. The molecule has 5 rings (SSSR count). The van der Waals surface area contributed by atoms with Crippen LogP contribution in [0.25, 0.3) is 11.3 Å². The van der Waals surface area contributed by atoms with Crippen molar-refractivity contribution < 1.29 is 13.9 Å². The SMILES string of the molecule is CN/C(=C\C=N)c1cc2c(n3cnnc13)NCc1c(F)ccc3c1[C@H](CO3)CO2. The number of anilines is 1. The van der Waals surface area contributed by atoms with Crippen molar-refractivity contribution in [2.24, 2.45) is 0 Å². The number of hydrogen-bond donors (Lipinski definition) is 3. The summed E-state index contributed by atoms with van der Waals surface area (Å²) in [5, 5.41) is 22.1. The van der Waals surface area contributed by atoms with Crippen LogP contribution in [0, 0.1) is 11.2 Å². The molecule has 148 valence electrons. The number of nitrogens with one attached hydrogen (secondary N) is 3. The minimum Gasteiger partial charge on any atom is -0.493 e. The maximum absolute atomic E-state index is 14.6. The zero-order valence-electron chi connectivity index (χ0n) is 15.7. The predicted octanol–water partition coefficient (Wildman–Crippen LogP) is 2.56. The van der Waals surface area contributed by atoms with Gasteiger partial charge in [0.05, 0.1) is 19.1 Å². The highest BCUT2D eigenvalue weighted by Crippen LogP contribution is 2.41. The van der Waals surface area contributed by atoms with Gasteiger partial charge in [0, 0.05) is 42.2 Å². The second-order valence-electron chi connectivity index (χ2n) is 6.90. The van der Waals surface area contributed by atoms with Gasteiger partial charge in [-0.3, -0.25) is 4.40 Å². The van der Waals surface area contributed by atoms with E-state index in [4.69, 9.17) is 14.9 Å². The molecule has 2 aliphatic rings. The van der Waals surface area contributed by atoms with Crippen LogP contribution in [0.1, 0.15) is 22.6 Å². The van der Waals surface area contributed by atoms with Crippen molar-refractivity contribution in [1.82, 2.24) is 19.9 Å². The summed E-state index contributed by atoms with van der Waals surface area (Å²) in [6.45, 7) is 1.10. The van der Waals surface area contributed by atoms with Crippen molar-refractivity contribution in [3.8, 4) is 11.5 Å². The van der Waals surface area contributed by atoms with Gasteiger partial charge in [-0.15, -0.1) is 10.2 Å². The number of fused-ring (bicyclic) bond motifs is 3. The van der Waals surface area contributed by atoms with Gasteiger partial charge in [0.1, 0.15) is 17.9 Å². The quantitative estimate of drug-likeness (QED) is 0.591. The minimum atomic E-state index is -0.266. The monoisotopic (exact) mass is 394 g/mol. The standard InChI is InChI=1S/C20H19FN6O2/c1-23-15(4-5-22)12-6-17-20(27-10-25-26-19(12)27)24-7-13-14(21)2-3-16-18(13)11(8-28-16)9-29-17/h2-6,10-11,22-24H,7-9H2,1H3/b15-4-,22-5?/t11-/m1/s1. The molecule has 1 aromatic carbocycles. The van der Waals surface area contributed by atoms with Gasteiger partial charge in [-0.1, -0.05) is 0 Å². The number of pyridine rings is 1. The average Bonchev–Trinajstić information content (AvgIpc) is 3.37. The molecule has 9 heteroatoms. The number of rotatable bonds is 3. The Kier molecular flexibility index (Phi) is 4.08. The highest BCUT2D eigenvalue weighted by atomic mass is 19.1. The van der Waals surface area contributed by atoms with Crippen LogP contribution >= 0.6 is 0 Å². The van der Waals surface area contributed by atoms with E-state index < -0.39 is 0 Å². The fourth-order valence-electron chi connectivity index (χ4n) is 3.97. The van der Waals surface area contributed by atoms with Crippen molar-refractivity contribution in [2.75, 3.05) is 25.6 Å². The van der Waals surface area contributed by atoms with Gasteiger partial charge in [-0.25, -0.2) is 4.39 Å². The molecule has 3 aromatic rings. The number of nitrogens with zero attached hydrogens (tertiary/aromatic N) is 3. The van der Waals surface area contributed by atoms with Crippen LogP contribution in [0.2, 0.25) is 0 Å². The molecule has 0 radical (unpaired) electrons. The molecule has 29 heavy (non-hydrogen) atoms. The molecule has 0 fully saturated rings. The Labute approximate surface area is 165 Å². The zero-order chi connectivity index (χ0) is 20.0. The van der Waals surface area contributed by atoms with Gasteiger partial charge in [-0.2, -0.15) is 0 Å². The van der Waals surface area contributed by atoms with Crippen LogP contribution < -0.4 is 20.1 Å². The molecule has 0 spiro atoms. The fourth-order valence-corrected chi connectivity index (χ4v) is 3.97. The van der Waals surface area contributed by atoms with E-state index in [1.54, 1.807) is 29.9 Å². The highest BCUT2D eigenvalue weighted by Gasteiger charge is 2.31. The summed E-state index contributed by atoms with van der Waals surface area (Å²) in [5.41, 5.74) is 3.52. The Morgan fingerprint density at radius 3 is 2.97 bits per heavy atom. The third kappa shape index (κ3) is 2.69. The van der Waals surface area contributed by atoms with Gasteiger partial charge in [0.25, 0.3) is 0 Å². The lowest BCUT2D eigenvalue weighted by molar-refractivity contribution is 0.249. The highest BCUT2D eigenvalue weighted by molar-refractivity contribution is 5.87. The number of hydrogen-bond acceptors (Lipinski definition) is 7. The molecule has 0 unspecified atom stereocenters. The summed E-state index contributed by atoms with van der Waals surface area (Å²) in [6, 6.07) is 4.98. The van der Waals surface area contributed by atoms with E-state index >= 15 is 0 Å². The Hall–Kier alpha value is -3.62. The molecule has 0 aliphatic carbocycles. The van der Waals surface area contributed by atoms with Crippen LogP contribution in [-0.4, -0.2) is 41.1 Å². The Balaban J connectivity index is 1.67. The number of benzene rings is 1. The normalized spacial score (nSPS) is 17.7. The summed E-state index contributed by atoms with van der Waals surface area (Å²) < 4.78 is 28.3. The van der Waals surface area contributed by atoms with Crippen molar-refractivity contribution in [3.63, 3.8) is 0 Å². The van der Waals surface area contributed by atoms with Crippen molar-refractivity contribution in [3.05, 3.63) is 53.1 Å². The van der Waals surface area contributed by atoms with Crippen LogP contribution in [0.3, 0.4) is 0 Å². The molecule has 0 saturated heterocycles. The number of ether oxygens (including phenoxy) is 2. The van der Waals surface area contributed by atoms with Gasteiger partial charge >= 0.3 is 0 Å². The zero-order valence-corrected chi connectivity index (χ0v) is 15.7. The number of aromatic nitrogens is 3. The van der Waals surface area contributed by atoms with E-state index in [1.165, 1.54) is 12.3 Å². The number of allylic oxidation sites excluding steroid dienone is 1. The average molecular weight is 394 g/mol. The second-order valence-corrected chi connectivity index (χ2v) is 6.90.